The molecule has 1 N–H and O–H groups in total. The SMILES string of the molecule is Cc1nc(NC(=O)[C@H](C)N(C)Cc2nccn2C(F)F)sc1C. The van der Waals surface area contributed by atoms with Gasteiger partial charge in [-0.1, -0.05) is 0 Å². The van der Waals surface area contributed by atoms with Crippen LogP contribution in [0.1, 0.15) is 29.9 Å². The molecule has 0 unspecified atom stereocenters. The number of amides is 1. The molecule has 0 radical (unpaired) electrons. The molecular weight excluding hydrogens is 324 g/mol. The van der Waals surface area contributed by atoms with E-state index < -0.39 is 12.6 Å². The van der Waals surface area contributed by atoms with Crippen LogP contribution in [-0.4, -0.2) is 38.4 Å². The number of aromatic nitrogens is 3. The fourth-order valence-corrected chi connectivity index (χ4v) is 2.76. The molecule has 0 saturated carbocycles. The summed E-state index contributed by atoms with van der Waals surface area (Å²) in [4.78, 5) is 23.1. The Morgan fingerprint density at radius 1 is 1.48 bits per heavy atom. The lowest BCUT2D eigenvalue weighted by Crippen LogP contribution is -2.39. The molecule has 2 aromatic rings. The molecule has 0 aliphatic carbocycles. The Morgan fingerprint density at radius 3 is 2.74 bits per heavy atom. The first kappa shape index (κ1) is 17.5. The van der Waals surface area contributed by atoms with Gasteiger partial charge in [0.15, 0.2) is 5.13 Å². The minimum Gasteiger partial charge on any atom is -0.301 e. The van der Waals surface area contributed by atoms with E-state index in [1.807, 2.05) is 13.8 Å². The molecule has 1 amide bonds. The maximum Gasteiger partial charge on any atom is 0.319 e. The van der Waals surface area contributed by atoms with Gasteiger partial charge in [0.1, 0.15) is 5.82 Å². The second-order valence-electron chi connectivity index (χ2n) is 5.27. The van der Waals surface area contributed by atoms with Crippen LogP contribution in [0.15, 0.2) is 12.4 Å². The van der Waals surface area contributed by atoms with Crippen molar-refractivity contribution < 1.29 is 13.6 Å². The highest BCUT2D eigenvalue weighted by atomic mass is 32.1. The summed E-state index contributed by atoms with van der Waals surface area (Å²) >= 11 is 1.41. The number of imidazole rings is 1. The van der Waals surface area contributed by atoms with Gasteiger partial charge in [0.25, 0.3) is 0 Å². The van der Waals surface area contributed by atoms with E-state index in [1.54, 1.807) is 18.9 Å². The lowest BCUT2D eigenvalue weighted by Gasteiger charge is -2.23. The third-order valence-electron chi connectivity index (χ3n) is 3.65. The van der Waals surface area contributed by atoms with Gasteiger partial charge in [-0.05, 0) is 27.8 Å². The topological polar surface area (TPSA) is 63.1 Å². The van der Waals surface area contributed by atoms with Crippen LogP contribution in [0.25, 0.3) is 0 Å². The Hall–Kier alpha value is -1.87. The van der Waals surface area contributed by atoms with Gasteiger partial charge < -0.3 is 5.32 Å². The molecular formula is C14H19F2N5OS. The predicted octanol–water partition coefficient (Wildman–Crippen LogP) is 2.81. The number of rotatable bonds is 6. The molecule has 2 aromatic heterocycles. The first-order valence-electron chi connectivity index (χ1n) is 7.04. The van der Waals surface area contributed by atoms with E-state index in [4.69, 9.17) is 0 Å². The number of alkyl halides is 2. The third kappa shape index (κ3) is 4.11. The van der Waals surface area contributed by atoms with E-state index in [0.29, 0.717) is 5.13 Å². The minimum absolute atomic E-state index is 0.141. The number of hydrogen-bond donors (Lipinski definition) is 1. The van der Waals surface area contributed by atoms with Gasteiger partial charge in [-0.15, -0.1) is 11.3 Å². The average Bonchev–Trinajstić information content (AvgIpc) is 3.05. The standard InChI is InChI=1S/C14H19F2N5OS/c1-8-10(3)23-14(18-8)19-12(22)9(2)20(4)7-11-17-5-6-21(11)13(15)16/h5-6,9,13H,7H2,1-4H3,(H,18,19,22)/t9-/m0/s1. The van der Waals surface area contributed by atoms with Gasteiger partial charge >= 0.3 is 6.55 Å². The van der Waals surface area contributed by atoms with Crippen molar-refractivity contribution in [2.75, 3.05) is 12.4 Å². The molecule has 0 aromatic carbocycles. The summed E-state index contributed by atoms with van der Waals surface area (Å²) in [5, 5.41) is 3.29. The van der Waals surface area contributed by atoms with Gasteiger partial charge in [-0.3, -0.25) is 14.3 Å². The molecule has 126 valence electrons. The van der Waals surface area contributed by atoms with Crippen LogP contribution in [-0.2, 0) is 11.3 Å². The second-order valence-corrected chi connectivity index (χ2v) is 6.47. The molecule has 0 aliphatic heterocycles. The first-order valence-corrected chi connectivity index (χ1v) is 7.86. The van der Waals surface area contributed by atoms with E-state index in [0.717, 1.165) is 15.1 Å². The molecule has 0 fully saturated rings. The summed E-state index contributed by atoms with van der Waals surface area (Å²) in [5.74, 6) is -0.0282. The van der Waals surface area contributed by atoms with Crippen LogP contribution < -0.4 is 5.32 Å². The zero-order chi connectivity index (χ0) is 17.1. The average molecular weight is 343 g/mol. The van der Waals surface area contributed by atoms with Crippen molar-refractivity contribution >= 4 is 22.4 Å². The van der Waals surface area contributed by atoms with Crippen LogP contribution >= 0.6 is 11.3 Å². The van der Waals surface area contributed by atoms with Crippen LogP contribution in [0.2, 0.25) is 0 Å². The summed E-state index contributed by atoms with van der Waals surface area (Å²) in [6, 6.07) is -0.512. The highest BCUT2D eigenvalue weighted by Crippen LogP contribution is 2.21. The largest absolute Gasteiger partial charge is 0.319 e. The lowest BCUT2D eigenvalue weighted by atomic mass is 10.3. The molecule has 1 atom stereocenters. The maximum absolute atomic E-state index is 12.8. The molecule has 2 rings (SSSR count). The Kier molecular flexibility index (Phi) is 5.42. The molecule has 9 heteroatoms. The van der Waals surface area contributed by atoms with Gasteiger partial charge in [0.2, 0.25) is 5.91 Å². The van der Waals surface area contributed by atoms with Crippen LogP contribution in [0.3, 0.4) is 0 Å². The highest BCUT2D eigenvalue weighted by molar-refractivity contribution is 7.15. The van der Waals surface area contributed by atoms with Crippen LogP contribution in [0, 0.1) is 13.8 Å². The molecule has 2 heterocycles. The van der Waals surface area contributed by atoms with Crippen molar-refractivity contribution in [1.29, 1.82) is 0 Å². The first-order chi connectivity index (χ1) is 10.8. The molecule has 6 nitrogen and oxygen atoms in total. The van der Waals surface area contributed by atoms with E-state index >= 15 is 0 Å². The van der Waals surface area contributed by atoms with E-state index in [9.17, 15) is 13.6 Å². The molecule has 0 aliphatic rings. The summed E-state index contributed by atoms with van der Waals surface area (Å²) in [6.45, 7) is 3.01. The number of anilines is 1. The zero-order valence-electron chi connectivity index (χ0n) is 13.4. The predicted molar refractivity (Wildman–Crippen MR) is 84.6 cm³/mol. The molecule has 23 heavy (non-hydrogen) atoms. The molecule has 0 spiro atoms. The number of hydrogen-bond acceptors (Lipinski definition) is 5. The Balaban J connectivity index is 1.99. The summed E-state index contributed by atoms with van der Waals surface area (Å²) in [5.41, 5.74) is 0.880. The van der Waals surface area contributed by atoms with Gasteiger partial charge in [-0.25, -0.2) is 9.97 Å². The van der Waals surface area contributed by atoms with E-state index in [-0.39, 0.29) is 18.3 Å². The fraction of sp³-hybridized carbons (Fsp3) is 0.500. The Bertz CT molecular complexity index is 665. The Morgan fingerprint density at radius 2 is 2.17 bits per heavy atom. The van der Waals surface area contributed by atoms with Gasteiger partial charge in [-0.2, -0.15) is 8.78 Å². The van der Waals surface area contributed by atoms with Gasteiger partial charge in [0.05, 0.1) is 18.3 Å². The zero-order valence-corrected chi connectivity index (χ0v) is 14.2. The summed E-state index contributed by atoms with van der Waals surface area (Å²) < 4.78 is 26.4. The normalized spacial score (nSPS) is 12.9. The molecule has 0 bridgehead atoms. The smallest absolute Gasteiger partial charge is 0.301 e. The number of likely N-dealkylation sites (N-methyl/N-ethyl adjacent to an activating group) is 1. The van der Waals surface area contributed by atoms with Crippen molar-refractivity contribution in [1.82, 2.24) is 19.4 Å². The number of halogens is 2. The maximum atomic E-state index is 12.8. The lowest BCUT2D eigenvalue weighted by molar-refractivity contribution is -0.120. The number of thiazole rings is 1. The van der Waals surface area contributed by atoms with E-state index in [2.05, 4.69) is 15.3 Å². The van der Waals surface area contributed by atoms with Crippen LogP contribution in [0.4, 0.5) is 13.9 Å². The number of aryl methyl sites for hydroxylation is 2. The van der Waals surface area contributed by atoms with Crippen molar-refractivity contribution in [3.63, 3.8) is 0 Å². The number of nitrogens with one attached hydrogen (secondary N) is 1. The summed E-state index contributed by atoms with van der Waals surface area (Å²) in [7, 11) is 1.69. The van der Waals surface area contributed by atoms with Crippen molar-refractivity contribution in [2.45, 2.75) is 39.9 Å². The second kappa shape index (κ2) is 7.14. The minimum atomic E-state index is -2.65. The third-order valence-corrected chi connectivity index (χ3v) is 4.64. The van der Waals surface area contributed by atoms with Gasteiger partial charge in [0, 0.05) is 17.3 Å². The van der Waals surface area contributed by atoms with Crippen LogP contribution in [0.5, 0.6) is 0 Å². The van der Waals surface area contributed by atoms with E-state index in [1.165, 1.54) is 23.7 Å². The van der Waals surface area contributed by atoms with Crippen molar-refractivity contribution in [2.24, 2.45) is 0 Å². The monoisotopic (exact) mass is 343 g/mol. The van der Waals surface area contributed by atoms with Crippen molar-refractivity contribution in [3.8, 4) is 0 Å². The highest BCUT2D eigenvalue weighted by Gasteiger charge is 2.22. The molecule has 0 saturated heterocycles. The number of carbonyl (C=O) groups is 1. The Labute approximate surface area is 137 Å². The fourth-order valence-electron chi connectivity index (χ4n) is 1.94. The summed E-state index contributed by atoms with van der Waals surface area (Å²) in [6.07, 6.45) is 2.54. The quantitative estimate of drug-likeness (QED) is 0.876. The van der Waals surface area contributed by atoms with Crippen molar-refractivity contribution in [3.05, 3.63) is 28.8 Å². The number of nitrogens with zero attached hydrogens (tertiary/aromatic N) is 4. The number of carbonyl (C=O) groups excluding carboxylic acids is 1.